The van der Waals surface area contributed by atoms with E-state index in [1.54, 1.807) is 0 Å². The first-order valence-corrected chi connectivity index (χ1v) is 7.18. The molecule has 0 bridgehead atoms. The van der Waals surface area contributed by atoms with E-state index >= 15 is 0 Å². The van der Waals surface area contributed by atoms with Gasteiger partial charge in [-0.2, -0.15) is 0 Å². The van der Waals surface area contributed by atoms with E-state index in [0.29, 0.717) is 0 Å². The van der Waals surface area contributed by atoms with Crippen LogP contribution in [0.2, 0.25) is 0 Å². The van der Waals surface area contributed by atoms with E-state index in [2.05, 4.69) is 5.32 Å². The van der Waals surface area contributed by atoms with E-state index in [-0.39, 0.29) is 28.6 Å². The Bertz CT molecular complexity index is 377. The van der Waals surface area contributed by atoms with Crippen LogP contribution in [0, 0.1) is 16.7 Å². The number of esters is 1. The highest BCUT2D eigenvalue weighted by atomic mass is 16.5. The second kappa shape index (κ2) is 4.80. The molecule has 0 heterocycles. The van der Waals surface area contributed by atoms with Gasteiger partial charge in [-0.3, -0.25) is 4.79 Å². The van der Waals surface area contributed by atoms with Gasteiger partial charge in [0, 0.05) is 5.92 Å². The van der Waals surface area contributed by atoms with Crippen molar-refractivity contribution in [3.63, 3.8) is 0 Å². The number of methoxy groups -OCH3 is 1. The third kappa shape index (κ3) is 2.77. The van der Waals surface area contributed by atoms with Crippen molar-refractivity contribution in [1.29, 1.82) is 0 Å². The zero-order valence-corrected chi connectivity index (χ0v) is 12.4. The molecule has 0 aliphatic heterocycles. The van der Waals surface area contributed by atoms with Crippen LogP contribution in [-0.4, -0.2) is 25.0 Å². The molecule has 0 aromatic rings. The Morgan fingerprint density at radius 1 is 1.26 bits per heavy atom. The molecule has 4 heteroatoms. The zero-order valence-electron chi connectivity index (χ0n) is 12.4. The molecule has 2 aliphatic rings. The van der Waals surface area contributed by atoms with Crippen LogP contribution in [0.1, 0.15) is 52.9 Å². The number of carbonyl (C=O) groups excluding carboxylic acids is 2. The first-order valence-electron chi connectivity index (χ1n) is 7.18. The Balaban J connectivity index is 1.98. The molecule has 19 heavy (non-hydrogen) atoms. The summed E-state index contributed by atoms with van der Waals surface area (Å²) in [6.07, 6.45) is 5.82. The minimum atomic E-state index is -0.566. The molecule has 4 nitrogen and oxygen atoms in total. The van der Waals surface area contributed by atoms with E-state index in [1.165, 1.54) is 32.8 Å². The Hall–Kier alpha value is -1.06. The molecule has 0 aromatic carbocycles. The minimum Gasteiger partial charge on any atom is -0.467 e. The Kier molecular flexibility index (Phi) is 3.63. The number of rotatable bonds is 3. The van der Waals surface area contributed by atoms with Crippen LogP contribution in [0.15, 0.2) is 0 Å². The summed E-state index contributed by atoms with van der Waals surface area (Å²) in [4.78, 5) is 24.1. The van der Waals surface area contributed by atoms with Crippen LogP contribution >= 0.6 is 0 Å². The van der Waals surface area contributed by atoms with Gasteiger partial charge in [0.1, 0.15) is 6.04 Å². The Labute approximate surface area is 115 Å². The molecule has 108 valence electrons. The van der Waals surface area contributed by atoms with Crippen LogP contribution in [0.4, 0.5) is 0 Å². The van der Waals surface area contributed by atoms with E-state index in [1.807, 2.05) is 20.8 Å². The monoisotopic (exact) mass is 267 g/mol. The lowest BCUT2D eigenvalue weighted by Gasteiger charge is -2.29. The summed E-state index contributed by atoms with van der Waals surface area (Å²) >= 11 is 0. The molecule has 0 unspecified atom stereocenters. The first-order chi connectivity index (χ1) is 8.80. The average molecular weight is 267 g/mol. The number of carbonyl (C=O) groups is 2. The summed E-state index contributed by atoms with van der Waals surface area (Å²) in [7, 11) is 1.36. The van der Waals surface area contributed by atoms with Crippen LogP contribution in [-0.2, 0) is 14.3 Å². The maximum Gasteiger partial charge on any atom is 0.328 e. The third-order valence-corrected chi connectivity index (χ3v) is 4.70. The Morgan fingerprint density at radius 2 is 1.84 bits per heavy atom. The highest BCUT2D eigenvalue weighted by Gasteiger charge is 2.59. The topological polar surface area (TPSA) is 55.4 Å². The van der Waals surface area contributed by atoms with Gasteiger partial charge in [0.25, 0.3) is 0 Å². The molecule has 2 saturated carbocycles. The number of nitrogens with one attached hydrogen (secondary N) is 1. The van der Waals surface area contributed by atoms with Crippen molar-refractivity contribution in [2.75, 3.05) is 7.11 Å². The SMILES string of the molecule is COC(=O)[C@@H](NC(=O)[C@@H]1CC12CCCC2)C(C)(C)C. The number of hydrogen-bond donors (Lipinski definition) is 1. The predicted octanol–water partition coefficient (Wildman–Crippen LogP) is 2.27. The molecule has 0 radical (unpaired) electrons. The van der Waals surface area contributed by atoms with Gasteiger partial charge >= 0.3 is 5.97 Å². The van der Waals surface area contributed by atoms with Crippen LogP contribution in [0.3, 0.4) is 0 Å². The maximum absolute atomic E-state index is 12.3. The lowest BCUT2D eigenvalue weighted by atomic mass is 9.86. The van der Waals surface area contributed by atoms with Crippen molar-refractivity contribution in [2.24, 2.45) is 16.7 Å². The summed E-state index contributed by atoms with van der Waals surface area (Å²) in [5, 5.41) is 2.91. The zero-order chi connectivity index (χ0) is 14.3. The van der Waals surface area contributed by atoms with E-state index in [0.717, 1.165) is 6.42 Å². The normalized spacial score (nSPS) is 26.0. The molecule has 2 atom stereocenters. The second-order valence-corrected chi connectivity index (χ2v) is 7.16. The Morgan fingerprint density at radius 3 is 2.32 bits per heavy atom. The molecular formula is C15H25NO3. The second-order valence-electron chi connectivity index (χ2n) is 7.16. The van der Waals surface area contributed by atoms with Gasteiger partial charge in [0.2, 0.25) is 5.91 Å². The van der Waals surface area contributed by atoms with Crippen molar-refractivity contribution >= 4 is 11.9 Å². The molecule has 1 amide bonds. The maximum atomic E-state index is 12.3. The van der Waals surface area contributed by atoms with Crippen molar-refractivity contribution < 1.29 is 14.3 Å². The van der Waals surface area contributed by atoms with Gasteiger partial charge in [0.15, 0.2) is 0 Å². The van der Waals surface area contributed by atoms with E-state index < -0.39 is 6.04 Å². The molecule has 2 rings (SSSR count). The quantitative estimate of drug-likeness (QED) is 0.798. The minimum absolute atomic E-state index is 0.0345. The standard InChI is InChI=1S/C15H25NO3/c1-14(2,3)11(13(18)19-4)16-12(17)10-9-15(10)7-5-6-8-15/h10-11H,5-9H2,1-4H3,(H,16,17)/t10-,11+/m0/s1. The smallest absolute Gasteiger partial charge is 0.328 e. The highest BCUT2D eigenvalue weighted by molar-refractivity contribution is 5.88. The van der Waals surface area contributed by atoms with Gasteiger partial charge in [-0.05, 0) is 30.1 Å². The fourth-order valence-corrected chi connectivity index (χ4v) is 3.34. The number of hydrogen-bond acceptors (Lipinski definition) is 3. The molecule has 2 aliphatic carbocycles. The van der Waals surface area contributed by atoms with Crippen molar-refractivity contribution in [1.82, 2.24) is 5.32 Å². The number of ether oxygens (including phenoxy) is 1. The third-order valence-electron chi connectivity index (χ3n) is 4.70. The first kappa shape index (κ1) is 14.4. The van der Waals surface area contributed by atoms with Crippen LogP contribution < -0.4 is 5.32 Å². The van der Waals surface area contributed by atoms with Gasteiger partial charge in [-0.15, -0.1) is 0 Å². The van der Waals surface area contributed by atoms with Crippen molar-refractivity contribution in [2.45, 2.75) is 58.9 Å². The largest absolute Gasteiger partial charge is 0.467 e. The molecule has 1 N–H and O–H groups in total. The van der Waals surface area contributed by atoms with E-state index in [9.17, 15) is 9.59 Å². The van der Waals surface area contributed by atoms with Crippen molar-refractivity contribution in [3.8, 4) is 0 Å². The molecular weight excluding hydrogens is 242 g/mol. The van der Waals surface area contributed by atoms with Gasteiger partial charge in [0.05, 0.1) is 7.11 Å². The molecule has 2 fully saturated rings. The summed E-state index contributed by atoms with van der Waals surface area (Å²) in [6, 6.07) is -0.566. The summed E-state index contributed by atoms with van der Waals surface area (Å²) < 4.78 is 4.80. The van der Waals surface area contributed by atoms with Gasteiger partial charge < -0.3 is 10.1 Å². The lowest BCUT2D eigenvalue weighted by molar-refractivity contribution is -0.148. The van der Waals surface area contributed by atoms with Crippen molar-refractivity contribution in [3.05, 3.63) is 0 Å². The fourth-order valence-electron chi connectivity index (χ4n) is 3.34. The summed E-state index contributed by atoms with van der Waals surface area (Å²) in [6.45, 7) is 5.81. The molecule has 1 spiro atoms. The fraction of sp³-hybridized carbons (Fsp3) is 0.867. The summed E-state index contributed by atoms with van der Waals surface area (Å²) in [5.74, 6) is -0.210. The number of amides is 1. The molecule has 0 aromatic heterocycles. The molecule has 0 saturated heterocycles. The van der Waals surface area contributed by atoms with E-state index in [4.69, 9.17) is 4.74 Å². The van der Waals surface area contributed by atoms with Gasteiger partial charge in [-0.1, -0.05) is 33.6 Å². The average Bonchev–Trinajstić information content (AvgIpc) is 2.81. The summed E-state index contributed by atoms with van der Waals surface area (Å²) in [5.41, 5.74) is -0.0663. The lowest BCUT2D eigenvalue weighted by Crippen LogP contribution is -2.50. The van der Waals surface area contributed by atoms with Crippen LogP contribution in [0.5, 0.6) is 0 Å². The van der Waals surface area contributed by atoms with Gasteiger partial charge in [-0.25, -0.2) is 4.79 Å². The van der Waals surface area contributed by atoms with Crippen LogP contribution in [0.25, 0.3) is 0 Å². The predicted molar refractivity (Wildman–Crippen MR) is 72.4 cm³/mol. The highest BCUT2D eigenvalue weighted by Crippen LogP contribution is 2.62.